The van der Waals surface area contributed by atoms with Gasteiger partial charge in [0.05, 0.1) is 6.20 Å². The van der Waals surface area contributed by atoms with Gasteiger partial charge in [0.25, 0.3) is 0 Å². The molecule has 15 heavy (non-hydrogen) atoms. The van der Waals surface area contributed by atoms with Crippen LogP contribution >= 0.6 is 12.2 Å². The standard InChI is InChI=1S/C10H18N4S/c1-4-11-10(15)12-6-9-7-13-14(5-2)8(9)3/h7H,4-6H2,1-3H3,(H2,11,12,15). The zero-order valence-corrected chi connectivity index (χ0v) is 10.3. The average Bonchev–Trinajstić information content (AvgIpc) is 2.57. The summed E-state index contributed by atoms with van der Waals surface area (Å²) in [5.41, 5.74) is 2.39. The molecule has 84 valence electrons. The van der Waals surface area contributed by atoms with E-state index in [1.807, 2.05) is 17.8 Å². The lowest BCUT2D eigenvalue weighted by Gasteiger charge is -2.08. The molecule has 0 saturated heterocycles. The summed E-state index contributed by atoms with van der Waals surface area (Å²) in [6, 6.07) is 0. The molecule has 0 fully saturated rings. The van der Waals surface area contributed by atoms with Crippen LogP contribution in [0.1, 0.15) is 25.1 Å². The van der Waals surface area contributed by atoms with Crippen molar-refractivity contribution in [3.05, 3.63) is 17.5 Å². The molecule has 0 aliphatic heterocycles. The Morgan fingerprint density at radius 2 is 2.20 bits per heavy atom. The van der Waals surface area contributed by atoms with Crippen molar-refractivity contribution in [2.45, 2.75) is 33.9 Å². The fourth-order valence-corrected chi connectivity index (χ4v) is 1.59. The fraction of sp³-hybridized carbons (Fsp3) is 0.600. The number of rotatable bonds is 4. The quantitative estimate of drug-likeness (QED) is 0.757. The van der Waals surface area contributed by atoms with Crippen molar-refractivity contribution < 1.29 is 0 Å². The summed E-state index contributed by atoms with van der Waals surface area (Å²) in [4.78, 5) is 0. The maximum absolute atomic E-state index is 5.08. The van der Waals surface area contributed by atoms with Crippen molar-refractivity contribution in [3.8, 4) is 0 Å². The van der Waals surface area contributed by atoms with Crippen LogP contribution in [0.4, 0.5) is 0 Å². The first-order valence-corrected chi connectivity index (χ1v) is 5.62. The van der Waals surface area contributed by atoms with Crippen LogP contribution in [0.15, 0.2) is 6.20 Å². The number of aryl methyl sites for hydroxylation is 1. The highest BCUT2D eigenvalue weighted by Crippen LogP contribution is 2.06. The molecular weight excluding hydrogens is 208 g/mol. The minimum Gasteiger partial charge on any atom is -0.363 e. The molecule has 1 rings (SSSR count). The third kappa shape index (κ3) is 3.20. The highest BCUT2D eigenvalue weighted by atomic mass is 32.1. The molecule has 0 atom stereocenters. The Kier molecular flexibility index (Phi) is 4.55. The molecule has 1 aromatic rings. The topological polar surface area (TPSA) is 41.9 Å². The highest BCUT2D eigenvalue weighted by Gasteiger charge is 2.04. The molecule has 0 aliphatic rings. The average molecular weight is 226 g/mol. The Labute approximate surface area is 96.1 Å². The lowest BCUT2D eigenvalue weighted by atomic mass is 10.2. The Hall–Kier alpha value is -1.10. The molecule has 0 saturated carbocycles. The lowest BCUT2D eigenvalue weighted by Crippen LogP contribution is -2.34. The van der Waals surface area contributed by atoms with Crippen LogP contribution in [0.3, 0.4) is 0 Å². The van der Waals surface area contributed by atoms with Crippen molar-refractivity contribution in [2.75, 3.05) is 6.54 Å². The van der Waals surface area contributed by atoms with Crippen LogP contribution in [-0.4, -0.2) is 21.4 Å². The normalized spacial score (nSPS) is 10.1. The van der Waals surface area contributed by atoms with E-state index in [4.69, 9.17) is 12.2 Å². The number of aromatic nitrogens is 2. The zero-order valence-electron chi connectivity index (χ0n) is 9.50. The van der Waals surface area contributed by atoms with Crippen molar-refractivity contribution in [1.29, 1.82) is 0 Å². The van der Waals surface area contributed by atoms with Gasteiger partial charge in [0, 0.05) is 30.9 Å². The van der Waals surface area contributed by atoms with E-state index in [1.165, 1.54) is 11.3 Å². The van der Waals surface area contributed by atoms with Crippen molar-refractivity contribution in [1.82, 2.24) is 20.4 Å². The van der Waals surface area contributed by atoms with Crippen molar-refractivity contribution >= 4 is 17.3 Å². The van der Waals surface area contributed by atoms with Gasteiger partial charge >= 0.3 is 0 Å². The smallest absolute Gasteiger partial charge is 0.166 e. The molecule has 5 heteroatoms. The molecule has 0 radical (unpaired) electrons. The van der Waals surface area contributed by atoms with E-state index in [0.29, 0.717) is 5.11 Å². The van der Waals surface area contributed by atoms with Crippen molar-refractivity contribution in [2.24, 2.45) is 0 Å². The molecule has 1 aromatic heterocycles. The van der Waals surface area contributed by atoms with Crippen LogP contribution < -0.4 is 10.6 Å². The largest absolute Gasteiger partial charge is 0.363 e. The van der Waals surface area contributed by atoms with E-state index < -0.39 is 0 Å². The molecular formula is C10H18N4S. The van der Waals surface area contributed by atoms with E-state index in [2.05, 4.69) is 29.6 Å². The van der Waals surface area contributed by atoms with Gasteiger partial charge in [0.1, 0.15) is 0 Å². The van der Waals surface area contributed by atoms with Crippen molar-refractivity contribution in [3.63, 3.8) is 0 Å². The van der Waals surface area contributed by atoms with Crippen LogP contribution in [0.5, 0.6) is 0 Å². The summed E-state index contributed by atoms with van der Waals surface area (Å²) in [5.74, 6) is 0. The van der Waals surface area contributed by atoms with Gasteiger partial charge in [-0.1, -0.05) is 0 Å². The minimum absolute atomic E-state index is 0.696. The van der Waals surface area contributed by atoms with E-state index in [0.717, 1.165) is 19.6 Å². The fourth-order valence-electron chi connectivity index (χ4n) is 1.38. The predicted octanol–water partition coefficient (Wildman–Crippen LogP) is 1.20. The molecule has 0 spiro atoms. The molecule has 2 N–H and O–H groups in total. The molecule has 0 bridgehead atoms. The highest BCUT2D eigenvalue weighted by molar-refractivity contribution is 7.80. The monoisotopic (exact) mass is 226 g/mol. The second-order valence-electron chi connectivity index (χ2n) is 3.28. The number of nitrogens with one attached hydrogen (secondary N) is 2. The van der Waals surface area contributed by atoms with Gasteiger partial charge in [0.2, 0.25) is 0 Å². The van der Waals surface area contributed by atoms with Crippen LogP contribution in [-0.2, 0) is 13.1 Å². The van der Waals surface area contributed by atoms with E-state index in [9.17, 15) is 0 Å². The second-order valence-corrected chi connectivity index (χ2v) is 3.69. The third-order valence-corrected chi connectivity index (χ3v) is 2.57. The number of nitrogens with zero attached hydrogens (tertiary/aromatic N) is 2. The SMILES string of the molecule is CCNC(=S)NCc1cnn(CC)c1C. The lowest BCUT2D eigenvalue weighted by molar-refractivity contribution is 0.637. The van der Waals surface area contributed by atoms with Gasteiger partial charge < -0.3 is 10.6 Å². The Morgan fingerprint density at radius 1 is 1.47 bits per heavy atom. The summed E-state index contributed by atoms with van der Waals surface area (Å²) >= 11 is 5.08. The minimum atomic E-state index is 0.696. The van der Waals surface area contributed by atoms with E-state index in [1.54, 1.807) is 0 Å². The van der Waals surface area contributed by atoms with E-state index >= 15 is 0 Å². The van der Waals surface area contributed by atoms with E-state index in [-0.39, 0.29) is 0 Å². The Morgan fingerprint density at radius 3 is 2.73 bits per heavy atom. The maximum atomic E-state index is 5.08. The Bertz CT molecular complexity index is 332. The summed E-state index contributed by atoms with van der Waals surface area (Å²) in [6.45, 7) is 8.67. The molecule has 0 aromatic carbocycles. The maximum Gasteiger partial charge on any atom is 0.166 e. The van der Waals surface area contributed by atoms with Gasteiger partial charge in [-0.15, -0.1) is 0 Å². The van der Waals surface area contributed by atoms with Crippen LogP contribution in [0, 0.1) is 6.92 Å². The third-order valence-electron chi connectivity index (χ3n) is 2.28. The molecule has 1 heterocycles. The molecule has 0 aliphatic carbocycles. The molecule has 0 unspecified atom stereocenters. The zero-order chi connectivity index (χ0) is 11.3. The van der Waals surface area contributed by atoms with Gasteiger partial charge in [-0.3, -0.25) is 4.68 Å². The number of thiocarbonyl (C=S) groups is 1. The van der Waals surface area contributed by atoms with Crippen LogP contribution in [0.2, 0.25) is 0 Å². The summed E-state index contributed by atoms with van der Waals surface area (Å²) in [5, 5.41) is 11.2. The number of hydrogen-bond acceptors (Lipinski definition) is 2. The Balaban J connectivity index is 2.50. The van der Waals surface area contributed by atoms with Gasteiger partial charge in [-0.05, 0) is 33.0 Å². The summed E-state index contributed by atoms with van der Waals surface area (Å²) < 4.78 is 1.98. The summed E-state index contributed by atoms with van der Waals surface area (Å²) in [6.07, 6.45) is 1.89. The second kappa shape index (κ2) is 5.70. The first-order chi connectivity index (χ1) is 7.19. The first-order valence-electron chi connectivity index (χ1n) is 5.22. The van der Waals surface area contributed by atoms with Gasteiger partial charge in [-0.25, -0.2) is 0 Å². The first kappa shape index (κ1) is 12.0. The predicted molar refractivity (Wildman–Crippen MR) is 65.8 cm³/mol. The molecule has 0 amide bonds. The number of hydrogen-bond donors (Lipinski definition) is 2. The van der Waals surface area contributed by atoms with Crippen LogP contribution in [0.25, 0.3) is 0 Å². The molecule has 4 nitrogen and oxygen atoms in total. The van der Waals surface area contributed by atoms with Gasteiger partial charge in [-0.2, -0.15) is 5.10 Å². The summed E-state index contributed by atoms with van der Waals surface area (Å²) in [7, 11) is 0. The van der Waals surface area contributed by atoms with Gasteiger partial charge in [0.15, 0.2) is 5.11 Å².